The first-order valence-corrected chi connectivity index (χ1v) is 9.62. The molecule has 2 N–H and O–H groups in total. The van der Waals surface area contributed by atoms with Crippen molar-refractivity contribution >= 4 is 17.1 Å². The molecule has 0 fully saturated rings. The first kappa shape index (κ1) is 18.2. The standard InChI is InChI=1S/C22H21N5O3/c1-12-4-6-13(7-5-12)18-20(28)19(26(2)25-18)21-23-16-8-14-10-27(22(29)30-3)11-15(14)9-17(16)24-21/h4-9,28H,10-11H2,1-3H3,(H,23,24). The average Bonchev–Trinajstić information content (AvgIpc) is 3.40. The highest BCUT2D eigenvalue weighted by Gasteiger charge is 2.26. The highest BCUT2D eigenvalue weighted by Crippen LogP contribution is 2.37. The molecule has 2 aromatic carbocycles. The molecule has 0 saturated heterocycles. The third-order valence-corrected chi connectivity index (χ3v) is 5.53. The number of aromatic hydroxyl groups is 1. The van der Waals surface area contributed by atoms with Gasteiger partial charge in [-0.1, -0.05) is 29.8 Å². The maximum absolute atomic E-state index is 11.8. The van der Waals surface area contributed by atoms with Crippen LogP contribution in [-0.4, -0.2) is 43.0 Å². The number of carbonyl (C=O) groups excluding carboxylic acids is 1. The molecule has 0 bridgehead atoms. The van der Waals surface area contributed by atoms with Gasteiger partial charge in [0.25, 0.3) is 0 Å². The quantitative estimate of drug-likeness (QED) is 0.532. The van der Waals surface area contributed by atoms with Crippen LogP contribution < -0.4 is 0 Å². The van der Waals surface area contributed by atoms with Crippen molar-refractivity contribution in [3.05, 3.63) is 53.1 Å². The molecule has 8 heteroatoms. The number of rotatable bonds is 2. The predicted octanol–water partition coefficient (Wildman–Crippen LogP) is 3.73. The normalized spacial score (nSPS) is 13.1. The van der Waals surface area contributed by atoms with Gasteiger partial charge in [0.1, 0.15) is 11.4 Å². The van der Waals surface area contributed by atoms with E-state index in [4.69, 9.17) is 4.74 Å². The van der Waals surface area contributed by atoms with E-state index < -0.39 is 0 Å². The van der Waals surface area contributed by atoms with Crippen molar-refractivity contribution < 1.29 is 14.6 Å². The number of carbonyl (C=O) groups is 1. The van der Waals surface area contributed by atoms with E-state index in [1.165, 1.54) is 7.11 Å². The number of aromatic nitrogens is 4. The van der Waals surface area contributed by atoms with Gasteiger partial charge < -0.3 is 14.8 Å². The summed E-state index contributed by atoms with van der Waals surface area (Å²) in [6.07, 6.45) is -0.341. The molecule has 2 aromatic heterocycles. The summed E-state index contributed by atoms with van der Waals surface area (Å²) in [6.45, 7) is 3.01. The second-order valence-electron chi connectivity index (χ2n) is 7.59. The number of aryl methyl sites for hydroxylation is 2. The van der Waals surface area contributed by atoms with Gasteiger partial charge in [-0.3, -0.25) is 9.58 Å². The molecule has 0 radical (unpaired) electrons. The Bertz CT molecular complexity index is 1240. The number of nitrogens with one attached hydrogen (secondary N) is 1. The molecule has 0 atom stereocenters. The Hall–Kier alpha value is -3.81. The number of aromatic amines is 1. The zero-order valence-electron chi connectivity index (χ0n) is 16.9. The first-order valence-electron chi connectivity index (χ1n) is 9.62. The van der Waals surface area contributed by atoms with Crippen molar-refractivity contribution in [2.24, 2.45) is 7.05 Å². The van der Waals surface area contributed by atoms with Gasteiger partial charge in [0, 0.05) is 25.7 Å². The van der Waals surface area contributed by atoms with Crippen LogP contribution in [0.25, 0.3) is 33.8 Å². The van der Waals surface area contributed by atoms with Crippen LogP contribution in [0.3, 0.4) is 0 Å². The zero-order chi connectivity index (χ0) is 21.0. The number of ether oxygens (including phenoxy) is 1. The van der Waals surface area contributed by atoms with Crippen LogP contribution in [0.4, 0.5) is 4.79 Å². The van der Waals surface area contributed by atoms with E-state index in [0.29, 0.717) is 30.3 Å². The molecule has 1 aliphatic heterocycles. The van der Waals surface area contributed by atoms with Crippen LogP contribution in [0.1, 0.15) is 16.7 Å². The van der Waals surface area contributed by atoms with Crippen LogP contribution in [0, 0.1) is 6.92 Å². The predicted molar refractivity (Wildman–Crippen MR) is 112 cm³/mol. The summed E-state index contributed by atoms with van der Waals surface area (Å²) in [5, 5.41) is 15.4. The minimum absolute atomic E-state index is 0.0878. The molecular formula is C22H21N5O3. The Balaban J connectivity index is 1.54. The van der Waals surface area contributed by atoms with Crippen molar-refractivity contribution in [3.8, 4) is 28.5 Å². The second kappa shape index (κ2) is 6.62. The highest BCUT2D eigenvalue weighted by molar-refractivity contribution is 5.84. The maximum atomic E-state index is 11.8. The minimum atomic E-state index is -0.341. The summed E-state index contributed by atoms with van der Waals surface area (Å²) < 4.78 is 6.45. The van der Waals surface area contributed by atoms with Gasteiger partial charge in [0.15, 0.2) is 11.6 Å². The monoisotopic (exact) mass is 403 g/mol. The third kappa shape index (κ3) is 2.80. The first-order chi connectivity index (χ1) is 14.4. The van der Waals surface area contributed by atoms with Crippen molar-refractivity contribution in [2.45, 2.75) is 20.0 Å². The fraction of sp³-hybridized carbons (Fsp3) is 0.227. The fourth-order valence-corrected chi connectivity index (χ4v) is 3.96. The van der Waals surface area contributed by atoms with Crippen LogP contribution in [-0.2, 0) is 24.9 Å². The van der Waals surface area contributed by atoms with E-state index in [2.05, 4.69) is 15.1 Å². The topological polar surface area (TPSA) is 96.3 Å². The van der Waals surface area contributed by atoms with Crippen molar-refractivity contribution in [3.63, 3.8) is 0 Å². The third-order valence-electron chi connectivity index (χ3n) is 5.53. The Morgan fingerprint density at radius 1 is 1.17 bits per heavy atom. The number of benzene rings is 2. The minimum Gasteiger partial charge on any atom is -0.504 e. The Morgan fingerprint density at radius 3 is 2.57 bits per heavy atom. The molecule has 1 aliphatic rings. The number of fused-ring (bicyclic) bond motifs is 2. The van der Waals surface area contributed by atoms with Gasteiger partial charge in [0.05, 0.1) is 18.1 Å². The molecular weight excluding hydrogens is 382 g/mol. The number of hydrogen-bond donors (Lipinski definition) is 2. The molecule has 3 heterocycles. The lowest BCUT2D eigenvalue weighted by Gasteiger charge is -2.12. The van der Waals surface area contributed by atoms with Gasteiger partial charge >= 0.3 is 6.09 Å². The molecule has 0 aliphatic carbocycles. The van der Waals surface area contributed by atoms with E-state index in [1.54, 1.807) is 16.6 Å². The lowest BCUT2D eigenvalue weighted by atomic mass is 10.1. The van der Waals surface area contributed by atoms with E-state index in [-0.39, 0.29) is 11.8 Å². The molecule has 0 spiro atoms. The van der Waals surface area contributed by atoms with Gasteiger partial charge in [-0.15, -0.1) is 0 Å². The smallest absolute Gasteiger partial charge is 0.410 e. The molecule has 0 unspecified atom stereocenters. The van der Waals surface area contributed by atoms with Crippen molar-refractivity contribution in [2.75, 3.05) is 7.11 Å². The number of nitrogens with zero attached hydrogens (tertiary/aromatic N) is 4. The summed E-state index contributed by atoms with van der Waals surface area (Å²) in [5.74, 6) is 0.633. The number of amides is 1. The van der Waals surface area contributed by atoms with E-state index in [0.717, 1.165) is 33.3 Å². The van der Waals surface area contributed by atoms with E-state index in [9.17, 15) is 9.90 Å². The van der Waals surface area contributed by atoms with Crippen molar-refractivity contribution in [1.29, 1.82) is 0 Å². The molecule has 5 rings (SSSR count). The lowest BCUT2D eigenvalue weighted by Crippen LogP contribution is -2.24. The summed E-state index contributed by atoms with van der Waals surface area (Å²) in [5.41, 5.74) is 6.74. The summed E-state index contributed by atoms with van der Waals surface area (Å²) >= 11 is 0. The fourth-order valence-electron chi connectivity index (χ4n) is 3.96. The van der Waals surface area contributed by atoms with Gasteiger partial charge in [-0.25, -0.2) is 9.78 Å². The Labute approximate surface area is 172 Å². The van der Waals surface area contributed by atoms with Crippen LogP contribution in [0.2, 0.25) is 0 Å². The molecule has 30 heavy (non-hydrogen) atoms. The molecule has 0 saturated carbocycles. The highest BCUT2D eigenvalue weighted by atomic mass is 16.5. The Kier molecular flexibility index (Phi) is 4.02. The SMILES string of the molecule is COC(=O)N1Cc2cc3nc(-c4c(O)c(-c5ccc(C)cc5)nn4C)[nH]c3cc2C1. The zero-order valence-corrected chi connectivity index (χ0v) is 16.9. The van der Waals surface area contributed by atoms with Gasteiger partial charge in [-0.2, -0.15) is 5.10 Å². The number of imidazole rings is 1. The van der Waals surface area contributed by atoms with E-state index >= 15 is 0 Å². The summed E-state index contributed by atoms with van der Waals surface area (Å²) in [4.78, 5) is 21.4. The van der Waals surface area contributed by atoms with Gasteiger partial charge in [-0.05, 0) is 30.2 Å². The molecule has 4 aromatic rings. The molecule has 152 valence electrons. The number of H-pyrrole nitrogens is 1. The van der Waals surface area contributed by atoms with Crippen molar-refractivity contribution in [1.82, 2.24) is 24.6 Å². The second-order valence-corrected chi connectivity index (χ2v) is 7.59. The van der Waals surface area contributed by atoms with Crippen LogP contribution >= 0.6 is 0 Å². The average molecular weight is 403 g/mol. The number of hydrogen-bond acceptors (Lipinski definition) is 5. The number of methoxy groups -OCH3 is 1. The summed E-state index contributed by atoms with van der Waals surface area (Å²) in [6, 6.07) is 11.8. The van der Waals surface area contributed by atoms with Crippen LogP contribution in [0.5, 0.6) is 5.75 Å². The van der Waals surface area contributed by atoms with Crippen LogP contribution in [0.15, 0.2) is 36.4 Å². The lowest BCUT2D eigenvalue weighted by molar-refractivity contribution is 0.123. The molecule has 1 amide bonds. The Morgan fingerprint density at radius 2 is 1.87 bits per heavy atom. The van der Waals surface area contributed by atoms with Gasteiger partial charge in [0.2, 0.25) is 0 Å². The molecule has 8 nitrogen and oxygen atoms in total. The summed E-state index contributed by atoms with van der Waals surface area (Å²) in [7, 11) is 3.17. The maximum Gasteiger partial charge on any atom is 0.410 e. The van der Waals surface area contributed by atoms with E-state index in [1.807, 2.05) is 43.3 Å². The largest absolute Gasteiger partial charge is 0.504 e.